The largest absolute Gasteiger partial charge is 0.360 e. The van der Waals surface area contributed by atoms with Gasteiger partial charge in [-0.25, -0.2) is 0 Å². The van der Waals surface area contributed by atoms with Crippen molar-refractivity contribution >= 4 is 15.3 Å². The van der Waals surface area contributed by atoms with Crippen LogP contribution in [0.25, 0.3) is 0 Å². The van der Waals surface area contributed by atoms with Crippen LogP contribution < -0.4 is 0 Å². The first-order valence-corrected chi connectivity index (χ1v) is 6.67. The molecule has 0 atom stereocenters. The first-order valence-electron chi connectivity index (χ1n) is 4.86. The van der Waals surface area contributed by atoms with Crippen LogP contribution in [0.1, 0.15) is 19.8 Å². The predicted octanol–water partition coefficient (Wildman–Crippen LogP) is 1.08. The molecule has 0 aromatic carbocycles. The Bertz CT molecular complexity index is 188. The second kappa shape index (κ2) is 7.91. The molecular formula is C10H20O3Si. The second-order valence-corrected chi connectivity index (χ2v) is 5.30. The molecule has 0 heterocycles. The molecule has 0 aliphatic heterocycles. The molecule has 0 radical (unpaired) electrons. The number of ketones is 1. The molecule has 0 spiro atoms. The van der Waals surface area contributed by atoms with E-state index in [1.165, 1.54) is 0 Å². The number of rotatable bonds is 8. The lowest BCUT2D eigenvalue weighted by atomic mass is 10.1. The highest BCUT2D eigenvalue weighted by Crippen LogP contribution is 2.04. The third-order valence-electron chi connectivity index (χ3n) is 2.10. The summed E-state index contributed by atoms with van der Waals surface area (Å²) in [6, 6.07) is 1.07. The van der Waals surface area contributed by atoms with Gasteiger partial charge in [0.1, 0.15) is 5.91 Å². The van der Waals surface area contributed by atoms with Crippen LogP contribution in [0, 0.1) is 0 Å². The van der Waals surface area contributed by atoms with Crippen molar-refractivity contribution in [2.75, 3.05) is 14.2 Å². The molecule has 0 unspecified atom stereocenters. The number of carbonyl (C=O) groups is 1. The Morgan fingerprint density at radius 2 is 2.00 bits per heavy atom. The third kappa shape index (κ3) is 6.07. The molecule has 0 aliphatic carbocycles. The second-order valence-electron chi connectivity index (χ2n) is 3.35. The molecule has 14 heavy (non-hydrogen) atoms. The van der Waals surface area contributed by atoms with Crippen molar-refractivity contribution in [3.8, 4) is 0 Å². The van der Waals surface area contributed by atoms with Crippen LogP contribution in [-0.4, -0.2) is 35.4 Å². The molecule has 0 fully saturated rings. The lowest BCUT2D eigenvalue weighted by molar-refractivity contribution is -0.115. The molecule has 0 rings (SSSR count). The average Bonchev–Trinajstić information content (AvgIpc) is 2.17. The summed E-state index contributed by atoms with van der Waals surface area (Å²) in [5.74, 6) is 0.167. The Hall–Kier alpha value is -0.453. The Morgan fingerprint density at radius 3 is 2.43 bits per heavy atom. The number of Topliss-reactive ketones (excluding diaryl/α,β-unsaturated/α-hetero) is 1. The smallest absolute Gasteiger partial charge is 0.157 e. The van der Waals surface area contributed by atoms with Crippen LogP contribution in [0.5, 0.6) is 0 Å². The zero-order valence-corrected chi connectivity index (χ0v) is 10.8. The van der Waals surface area contributed by atoms with E-state index in [2.05, 4.69) is 6.58 Å². The van der Waals surface area contributed by atoms with Crippen LogP contribution in [-0.2, 0) is 14.3 Å². The summed E-state index contributed by atoms with van der Waals surface area (Å²) in [6.45, 7) is 5.37. The van der Waals surface area contributed by atoms with Crippen LogP contribution in [0.4, 0.5) is 0 Å². The van der Waals surface area contributed by atoms with Crippen molar-refractivity contribution in [3.63, 3.8) is 0 Å². The summed E-state index contributed by atoms with van der Waals surface area (Å²) in [4.78, 5) is 11.2. The first-order chi connectivity index (χ1) is 6.61. The molecule has 0 aliphatic rings. The van der Waals surface area contributed by atoms with Gasteiger partial charge in [0.2, 0.25) is 0 Å². The van der Waals surface area contributed by atoms with Crippen LogP contribution >= 0.6 is 0 Å². The quantitative estimate of drug-likeness (QED) is 0.263. The van der Waals surface area contributed by atoms with E-state index in [1.54, 1.807) is 21.1 Å². The summed E-state index contributed by atoms with van der Waals surface area (Å²) in [6.07, 6.45) is 1.55. The first kappa shape index (κ1) is 13.5. The number of allylic oxidation sites excluding steroid dienone is 1. The molecule has 0 amide bonds. The van der Waals surface area contributed by atoms with E-state index in [9.17, 15) is 4.79 Å². The van der Waals surface area contributed by atoms with Gasteiger partial charge in [0, 0.05) is 20.6 Å². The van der Waals surface area contributed by atoms with Crippen molar-refractivity contribution in [2.24, 2.45) is 0 Å². The fourth-order valence-electron chi connectivity index (χ4n) is 1.14. The van der Waals surface area contributed by atoms with Gasteiger partial charge < -0.3 is 9.47 Å². The predicted molar refractivity (Wildman–Crippen MR) is 60.2 cm³/mol. The minimum atomic E-state index is -0.369. The van der Waals surface area contributed by atoms with Crippen LogP contribution in [0.15, 0.2) is 12.2 Å². The van der Waals surface area contributed by atoms with Gasteiger partial charge in [-0.1, -0.05) is 12.6 Å². The Kier molecular flexibility index (Phi) is 7.65. The fourth-order valence-corrected chi connectivity index (χ4v) is 2.49. The standard InChI is InChI=1S/C10H20O3Si/c1-8(2)9(11)6-5-7-14-10(12-3)13-4/h10H,1,5-7,14H2,2-4H3. The lowest BCUT2D eigenvalue weighted by Crippen LogP contribution is -2.21. The maximum absolute atomic E-state index is 11.2. The fraction of sp³-hybridized carbons (Fsp3) is 0.700. The third-order valence-corrected chi connectivity index (χ3v) is 4.14. The zero-order valence-electron chi connectivity index (χ0n) is 9.34. The number of carbonyl (C=O) groups excluding carboxylic acids is 1. The Morgan fingerprint density at radius 1 is 1.43 bits per heavy atom. The molecule has 0 aromatic heterocycles. The van der Waals surface area contributed by atoms with Crippen LogP contribution in [0.2, 0.25) is 6.04 Å². The maximum Gasteiger partial charge on any atom is 0.157 e. The number of hydrogen-bond acceptors (Lipinski definition) is 3. The molecule has 4 heteroatoms. The summed E-state index contributed by atoms with van der Waals surface area (Å²) in [5.41, 5.74) is 0.654. The number of hydrogen-bond donors (Lipinski definition) is 0. The SMILES string of the molecule is C=C(C)C(=O)CCC[SiH2]C(OC)OC. The van der Waals surface area contributed by atoms with Gasteiger partial charge in [-0.15, -0.1) is 0 Å². The van der Waals surface area contributed by atoms with E-state index < -0.39 is 0 Å². The van der Waals surface area contributed by atoms with E-state index in [0.29, 0.717) is 12.0 Å². The van der Waals surface area contributed by atoms with Crippen molar-refractivity contribution in [2.45, 2.75) is 31.7 Å². The Labute approximate surface area is 88.3 Å². The monoisotopic (exact) mass is 216 g/mol. The number of methoxy groups -OCH3 is 2. The highest BCUT2D eigenvalue weighted by Gasteiger charge is 2.06. The minimum Gasteiger partial charge on any atom is -0.360 e. The molecule has 3 nitrogen and oxygen atoms in total. The summed E-state index contributed by atoms with van der Waals surface area (Å²) < 4.78 is 10.2. The van der Waals surface area contributed by atoms with Crippen molar-refractivity contribution in [1.82, 2.24) is 0 Å². The normalized spacial score (nSPS) is 11.4. The maximum atomic E-state index is 11.2. The zero-order chi connectivity index (χ0) is 11.0. The molecular weight excluding hydrogens is 196 g/mol. The van der Waals surface area contributed by atoms with E-state index in [-0.39, 0.29) is 21.2 Å². The summed E-state index contributed by atoms with van der Waals surface area (Å²) in [7, 11) is 2.94. The topological polar surface area (TPSA) is 35.5 Å². The molecule has 0 bridgehead atoms. The summed E-state index contributed by atoms with van der Waals surface area (Å²) >= 11 is 0. The number of ether oxygens (including phenoxy) is 2. The van der Waals surface area contributed by atoms with E-state index >= 15 is 0 Å². The van der Waals surface area contributed by atoms with E-state index in [0.717, 1.165) is 12.5 Å². The summed E-state index contributed by atoms with van der Waals surface area (Å²) in [5, 5.41) is 0. The van der Waals surface area contributed by atoms with E-state index in [4.69, 9.17) is 9.47 Å². The van der Waals surface area contributed by atoms with E-state index in [1.807, 2.05) is 0 Å². The Balaban J connectivity index is 3.46. The van der Waals surface area contributed by atoms with Gasteiger partial charge in [-0.05, 0) is 18.9 Å². The van der Waals surface area contributed by atoms with Gasteiger partial charge >= 0.3 is 0 Å². The van der Waals surface area contributed by atoms with Gasteiger partial charge in [-0.3, -0.25) is 4.79 Å². The highest BCUT2D eigenvalue weighted by atomic mass is 28.2. The van der Waals surface area contributed by atoms with Gasteiger partial charge in [0.05, 0.1) is 9.52 Å². The molecule has 0 saturated carbocycles. The van der Waals surface area contributed by atoms with Gasteiger partial charge in [-0.2, -0.15) is 0 Å². The highest BCUT2D eigenvalue weighted by molar-refractivity contribution is 6.36. The van der Waals surface area contributed by atoms with Crippen molar-refractivity contribution < 1.29 is 14.3 Å². The lowest BCUT2D eigenvalue weighted by Gasteiger charge is -2.11. The molecule has 0 aromatic rings. The molecule has 82 valence electrons. The minimum absolute atomic E-state index is 0.00469. The van der Waals surface area contributed by atoms with Crippen LogP contribution in [0.3, 0.4) is 0 Å². The molecule has 0 saturated heterocycles. The van der Waals surface area contributed by atoms with Crippen molar-refractivity contribution in [1.29, 1.82) is 0 Å². The van der Waals surface area contributed by atoms with Gasteiger partial charge in [0.25, 0.3) is 0 Å². The average molecular weight is 216 g/mol. The van der Waals surface area contributed by atoms with Crippen molar-refractivity contribution in [3.05, 3.63) is 12.2 Å². The van der Waals surface area contributed by atoms with Gasteiger partial charge in [0.15, 0.2) is 5.78 Å². The molecule has 0 N–H and O–H groups in total.